The number of aromatic nitrogens is 2. The smallest absolute Gasteiger partial charge is 0.263 e. The number of imidazole rings is 1. The number of rotatable bonds is 4. The maximum Gasteiger partial charge on any atom is 0.263 e. The maximum atomic E-state index is 12.7. The average Bonchev–Trinajstić information content (AvgIpc) is 3.32. The van der Waals surface area contributed by atoms with Gasteiger partial charge in [-0.2, -0.15) is 0 Å². The molecule has 0 bridgehead atoms. The fraction of sp³-hybridized carbons (Fsp3) is 0.444. The third kappa shape index (κ3) is 3.26. The highest BCUT2D eigenvalue weighted by Gasteiger charge is 2.28. The van der Waals surface area contributed by atoms with Crippen molar-refractivity contribution in [3.63, 3.8) is 0 Å². The van der Waals surface area contributed by atoms with Gasteiger partial charge in [-0.3, -0.25) is 4.79 Å². The lowest BCUT2D eigenvalue weighted by Gasteiger charge is -2.32. The normalized spacial score (nSPS) is 18.2. The van der Waals surface area contributed by atoms with Crippen LogP contribution in [0.3, 0.4) is 0 Å². The first-order valence-corrected chi connectivity index (χ1v) is 8.55. The second-order valence-corrected chi connectivity index (χ2v) is 6.35. The summed E-state index contributed by atoms with van der Waals surface area (Å²) in [6, 6.07) is 5.35. The van der Waals surface area contributed by atoms with E-state index in [4.69, 9.17) is 14.2 Å². The van der Waals surface area contributed by atoms with E-state index in [2.05, 4.69) is 9.97 Å². The molecule has 3 heterocycles. The van der Waals surface area contributed by atoms with Crippen molar-refractivity contribution in [3.05, 3.63) is 36.4 Å². The molecule has 1 unspecified atom stereocenters. The highest BCUT2D eigenvalue weighted by Crippen LogP contribution is 2.35. The third-order valence-corrected chi connectivity index (χ3v) is 4.72. The van der Waals surface area contributed by atoms with Gasteiger partial charge in [0.25, 0.3) is 5.91 Å². The number of fused-ring (bicyclic) bond motifs is 1. The van der Waals surface area contributed by atoms with Gasteiger partial charge in [-0.05, 0) is 31.9 Å². The van der Waals surface area contributed by atoms with Crippen molar-refractivity contribution in [3.8, 4) is 17.2 Å². The summed E-state index contributed by atoms with van der Waals surface area (Å²) in [4.78, 5) is 22.0. The Morgan fingerprint density at radius 3 is 2.88 bits per heavy atom. The summed E-state index contributed by atoms with van der Waals surface area (Å²) >= 11 is 0. The van der Waals surface area contributed by atoms with Gasteiger partial charge in [0, 0.05) is 37.5 Å². The Hall–Kier alpha value is -2.70. The zero-order valence-electron chi connectivity index (χ0n) is 14.1. The largest absolute Gasteiger partial charge is 0.481 e. The van der Waals surface area contributed by atoms with Gasteiger partial charge >= 0.3 is 0 Å². The number of H-pyrrole nitrogens is 1. The summed E-state index contributed by atoms with van der Waals surface area (Å²) in [5.74, 6) is 3.37. The van der Waals surface area contributed by atoms with E-state index in [0.717, 1.165) is 31.8 Å². The summed E-state index contributed by atoms with van der Waals surface area (Å²) in [5.41, 5.74) is 0. The van der Waals surface area contributed by atoms with Crippen molar-refractivity contribution >= 4 is 5.91 Å². The van der Waals surface area contributed by atoms with E-state index in [0.29, 0.717) is 23.2 Å². The Bertz CT molecular complexity index is 739. The molecule has 1 amide bonds. The van der Waals surface area contributed by atoms with Gasteiger partial charge < -0.3 is 24.1 Å². The van der Waals surface area contributed by atoms with E-state index in [9.17, 15) is 4.79 Å². The van der Waals surface area contributed by atoms with Crippen molar-refractivity contribution in [1.82, 2.24) is 14.9 Å². The monoisotopic (exact) mass is 343 g/mol. The first-order chi connectivity index (χ1) is 12.2. The standard InChI is InChI=1S/C18H21N3O4/c1-12(25-14-2-3-15-16(10-14)24-11-23-15)18(22)21-8-4-13(5-9-21)17-19-6-7-20-17/h2-3,6-7,10,12-13H,4-5,8-9,11H2,1H3,(H,19,20). The molecule has 4 rings (SSSR count). The third-order valence-electron chi connectivity index (χ3n) is 4.72. The Morgan fingerprint density at radius 2 is 2.12 bits per heavy atom. The van der Waals surface area contributed by atoms with Crippen LogP contribution in [-0.2, 0) is 4.79 Å². The molecule has 2 aliphatic heterocycles. The number of likely N-dealkylation sites (tertiary alicyclic amines) is 1. The van der Waals surface area contributed by atoms with E-state index in [1.807, 2.05) is 11.1 Å². The maximum absolute atomic E-state index is 12.7. The van der Waals surface area contributed by atoms with Crippen LogP contribution in [0.1, 0.15) is 31.5 Å². The first-order valence-electron chi connectivity index (χ1n) is 8.55. The lowest BCUT2D eigenvalue weighted by Crippen LogP contribution is -2.44. The molecule has 132 valence electrons. The van der Waals surface area contributed by atoms with E-state index >= 15 is 0 Å². The highest BCUT2D eigenvalue weighted by molar-refractivity contribution is 5.81. The van der Waals surface area contributed by atoms with Crippen LogP contribution in [0.15, 0.2) is 30.6 Å². The van der Waals surface area contributed by atoms with E-state index in [1.54, 1.807) is 31.3 Å². The van der Waals surface area contributed by atoms with E-state index in [1.165, 1.54) is 0 Å². The molecule has 25 heavy (non-hydrogen) atoms. The number of nitrogens with zero attached hydrogens (tertiary/aromatic N) is 2. The second kappa shape index (κ2) is 6.66. The number of piperidine rings is 1. The highest BCUT2D eigenvalue weighted by atomic mass is 16.7. The van der Waals surface area contributed by atoms with Crippen LogP contribution < -0.4 is 14.2 Å². The number of ether oxygens (including phenoxy) is 3. The molecule has 1 aromatic carbocycles. The van der Waals surface area contributed by atoms with E-state index in [-0.39, 0.29) is 12.7 Å². The number of carbonyl (C=O) groups excluding carboxylic acids is 1. The van der Waals surface area contributed by atoms with Crippen molar-refractivity contribution in [2.24, 2.45) is 0 Å². The minimum atomic E-state index is -0.541. The molecular formula is C18H21N3O4. The zero-order chi connectivity index (χ0) is 17.2. The lowest BCUT2D eigenvalue weighted by molar-refractivity contribution is -0.139. The number of hydrogen-bond acceptors (Lipinski definition) is 5. The topological polar surface area (TPSA) is 76.7 Å². The SMILES string of the molecule is CC(Oc1ccc2c(c1)OCO2)C(=O)N1CCC(c2ncc[nH]2)CC1. The first kappa shape index (κ1) is 15.8. The molecule has 2 aliphatic rings. The van der Waals surface area contributed by atoms with Crippen molar-refractivity contribution in [2.75, 3.05) is 19.9 Å². The predicted molar refractivity (Wildman–Crippen MR) is 89.8 cm³/mol. The molecule has 1 N–H and O–H groups in total. The molecule has 2 aromatic rings. The number of hydrogen-bond donors (Lipinski definition) is 1. The number of amides is 1. The summed E-state index contributed by atoms with van der Waals surface area (Å²) < 4.78 is 16.4. The Morgan fingerprint density at radius 1 is 1.32 bits per heavy atom. The predicted octanol–water partition coefficient (Wildman–Crippen LogP) is 2.31. The fourth-order valence-corrected chi connectivity index (χ4v) is 3.34. The molecule has 0 aliphatic carbocycles. The van der Waals surface area contributed by atoms with Crippen LogP contribution in [0.2, 0.25) is 0 Å². The van der Waals surface area contributed by atoms with Gasteiger partial charge in [-0.25, -0.2) is 4.98 Å². The summed E-state index contributed by atoms with van der Waals surface area (Å²) in [7, 11) is 0. The Labute approximate surface area is 145 Å². The average molecular weight is 343 g/mol. The van der Waals surface area contributed by atoms with Crippen molar-refractivity contribution in [1.29, 1.82) is 0 Å². The van der Waals surface area contributed by atoms with Crippen molar-refractivity contribution in [2.45, 2.75) is 31.8 Å². The number of benzene rings is 1. The van der Waals surface area contributed by atoms with Gasteiger partial charge in [-0.1, -0.05) is 0 Å². The molecule has 7 heteroatoms. The Kier molecular flexibility index (Phi) is 4.21. The van der Waals surface area contributed by atoms with Crippen LogP contribution in [-0.4, -0.2) is 46.8 Å². The van der Waals surface area contributed by atoms with Gasteiger partial charge in [0.05, 0.1) is 0 Å². The van der Waals surface area contributed by atoms with E-state index < -0.39 is 6.10 Å². The molecule has 1 atom stereocenters. The summed E-state index contributed by atoms with van der Waals surface area (Å²) in [6.45, 7) is 3.45. The summed E-state index contributed by atoms with van der Waals surface area (Å²) in [6.07, 6.45) is 4.90. The molecule has 1 saturated heterocycles. The Balaban J connectivity index is 1.33. The number of aromatic amines is 1. The van der Waals surface area contributed by atoms with Crippen LogP contribution >= 0.6 is 0 Å². The molecule has 7 nitrogen and oxygen atoms in total. The number of carbonyl (C=O) groups is 1. The van der Waals surface area contributed by atoms with Crippen LogP contribution in [0.25, 0.3) is 0 Å². The van der Waals surface area contributed by atoms with Crippen LogP contribution in [0, 0.1) is 0 Å². The lowest BCUT2D eigenvalue weighted by atomic mass is 9.96. The number of nitrogens with one attached hydrogen (secondary N) is 1. The zero-order valence-corrected chi connectivity index (χ0v) is 14.1. The molecule has 0 radical (unpaired) electrons. The molecule has 1 fully saturated rings. The van der Waals surface area contributed by atoms with Crippen LogP contribution in [0.5, 0.6) is 17.2 Å². The van der Waals surface area contributed by atoms with Crippen molar-refractivity contribution < 1.29 is 19.0 Å². The second-order valence-electron chi connectivity index (χ2n) is 6.35. The molecule has 0 saturated carbocycles. The minimum absolute atomic E-state index is 0.00978. The fourth-order valence-electron chi connectivity index (χ4n) is 3.34. The molecule has 0 spiro atoms. The van der Waals surface area contributed by atoms with Gasteiger partial charge in [0.2, 0.25) is 6.79 Å². The summed E-state index contributed by atoms with van der Waals surface area (Å²) in [5, 5.41) is 0. The van der Waals surface area contributed by atoms with Gasteiger partial charge in [0.1, 0.15) is 11.6 Å². The molecular weight excluding hydrogens is 322 g/mol. The van der Waals surface area contributed by atoms with Gasteiger partial charge in [-0.15, -0.1) is 0 Å². The quantitative estimate of drug-likeness (QED) is 0.922. The van der Waals surface area contributed by atoms with Crippen LogP contribution in [0.4, 0.5) is 0 Å². The van der Waals surface area contributed by atoms with Gasteiger partial charge in [0.15, 0.2) is 17.6 Å². The minimum Gasteiger partial charge on any atom is -0.481 e. The molecule has 1 aromatic heterocycles.